The Balaban J connectivity index is 0.00000131. The van der Waals surface area contributed by atoms with Crippen molar-refractivity contribution in [2.45, 2.75) is 71.3 Å². The molecule has 0 heterocycles. The van der Waals surface area contributed by atoms with Crippen molar-refractivity contribution < 1.29 is 32.9 Å². The van der Waals surface area contributed by atoms with Crippen LogP contribution in [0.1, 0.15) is 65.2 Å². The van der Waals surface area contributed by atoms with Crippen LogP contribution >= 0.6 is 0 Å². The highest BCUT2D eigenvalue weighted by Crippen LogP contribution is 2.64. The Morgan fingerprint density at radius 3 is 2.37 bits per heavy atom. The molecule has 0 spiro atoms. The SMILES string of the molecule is C[C@]12CC[C@H](OS(=O)(=O)O)CC1=CC[C@@H]1[C@@H]2CC[C@]2(C)C(=O)CC[C@@H]12.O.O. The van der Waals surface area contributed by atoms with Crippen LogP contribution < -0.4 is 0 Å². The highest BCUT2D eigenvalue weighted by molar-refractivity contribution is 7.80. The van der Waals surface area contributed by atoms with E-state index in [2.05, 4.69) is 19.9 Å². The number of ketones is 1. The van der Waals surface area contributed by atoms with Gasteiger partial charge in [-0.25, -0.2) is 4.18 Å². The number of fused-ring (bicyclic) bond motifs is 5. The van der Waals surface area contributed by atoms with E-state index in [4.69, 9.17) is 8.74 Å². The maximum atomic E-state index is 12.4. The Kier molecular flexibility index (Phi) is 6.02. The fourth-order valence-electron chi connectivity index (χ4n) is 6.65. The Hall–Kier alpha value is -0.800. The summed E-state index contributed by atoms with van der Waals surface area (Å²) in [7, 11) is -4.40. The van der Waals surface area contributed by atoms with Crippen molar-refractivity contribution in [3.63, 3.8) is 0 Å². The number of allylic oxidation sites excluding steroid dienone is 1. The van der Waals surface area contributed by atoms with E-state index in [1.54, 1.807) is 0 Å². The topological polar surface area (TPSA) is 144 Å². The molecule has 0 aromatic heterocycles. The van der Waals surface area contributed by atoms with Crippen LogP contribution in [0.25, 0.3) is 0 Å². The second-order valence-electron chi connectivity index (χ2n) is 9.07. The molecule has 4 aliphatic rings. The molecule has 4 rings (SSSR count). The minimum Gasteiger partial charge on any atom is -0.412 e. The first kappa shape index (κ1) is 22.5. The van der Waals surface area contributed by atoms with Crippen molar-refractivity contribution >= 4 is 16.2 Å². The average molecular weight is 405 g/mol. The second kappa shape index (κ2) is 7.22. The molecule has 0 aromatic carbocycles. The summed E-state index contributed by atoms with van der Waals surface area (Å²) in [5, 5.41) is 0. The van der Waals surface area contributed by atoms with Crippen molar-refractivity contribution in [3.05, 3.63) is 11.6 Å². The highest BCUT2D eigenvalue weighted by Gasteiger charge is 2.58. The zero-order valence-corrected chi connectivity index (χ0v) is 16.8. The minimum atomic E-state index is -4.40. The van der Waals surface area contributed by atoms with Crippen LogP contribution in [0.4, 0.5) is 0 Å². The summed E-state index contributed by atoms with van der Waals surface area (Å²) >= 11 is 0. The fourth-order valence-corrected chi connectivity index (χ4v) is 7.16. The van der Waals surface area contributed by atoms with Crippen molar-refractivity contribution in [2.75, 3.05) is 0 Å². The lowest BCUT2D eigenvalue weighted by atomic mass is 9.48. The maximum Gasteiger partial charge on any atom is 0.397 e. The van der Waals surface area contributed by atoms with Crippen LogP contribution in [0.2, 0.25) is 0 Å². The van der Waals surface area contributed by atoms with Gasteiger partial charge in [0, 0.05) is 11.8 Å². The molecule has 0 saturated heterocycles. The Morgan fingerprint density at radius 2 is 1.70 bits per heavy atom. The molecule has 5 N–H and O–H groups in total. The molecule has 0 amide bonds. The Bertz CT molecular complexity index is 730. The molecule has 8 heteroatoms. The molecular formula is C19H32O7S. The number of hydrogen-bond acceptors (Lipinski definition) is 4. The van der Waals surface area contributed by atoms with E-state index >= 15 is 0 Å². The van der Waals surface area contributed by atoms with E-state index in [1.165, 1.54) is 5.57 Å². The van der Waals surface area contributed by atoms with Gasteiger partial charge in [-0.1, -0.05) is 25.5 Å². The van der Waals surface area contributed by atoms with Gasteiger partial charge in [0.05, 0.1) is 6.10 Å². The molecule has 0 aromatic rings. The first-order valence-corrected chi connectivity index (χ1v) is 10.9. The van der Waals surface area contributed by atoms with Gasteiger partial charge in [-0.3, -0.25) is 9.35 Å². The standard InChI is InChI=1S/C19H28O5S.2H2O/c1-18-9-7-13(24-25(21,22)23)11-12(18)3-4-14-15-5-6-17(20)19(15,2)10-8-16(14)18;;/h3,13-16H,4-11H2,1-2H3,(H,21,22,23);2*1H2/t13-,14-,15-,16-,18-,19-;;/m0../s1. The average Bonchev–Trinajstić information content (AvgIpc) is 2.82. The monoisotopic (exact) mass is 404 g/mol. The molecule has 0 aliphatic heterocycles. The summed E-state index contributed by atoms with van der Waals surface area (Å²) in [6.45, 7) is 4.50. The molecular weight excluding hydrogens is 372 g/mol. The van der Waals surface area contributed by atoms with Gasteiger partial charge in [0.25, 0.3) is 0 Å². The van der Waals surface area contributed by atoms with Crippen LogP contribution in [0, 0.1) is 28.6 Å². The molecule has 0 bridgehead atoms. The Morgan fingerprint density at radius 1 is 1.07 bits per heavy atom. The summed E-state index contributed by atoms with van der Waals surface area (Å²) in [4.78, 5) is 12.4. The van der Waals surface area contributed by atoms with Gasteiger partial charge < -0.3 is 11.0 Å². The van der Waals surface area contributed by atoms with E-state index in [-0.39, 0.29) is 21.8 Å². The van der Waals surface area contributed by atoms with E-state index < -0.39 is 16.5 Å². The number of rotatable bonds is 2. The third-order valence-corrected chi connectivity index (χ3v) is 8.54. The summed E-state index contributed by atoms with van der Waals surface area (Å²) in [6, 6.07) is 0. The molecule has 0 unspecified atom stereocenters. The van der Waals surface area contributed by atoms with Gasteiger partial charge in [-0.05, 0) is 68.1 Å². The fraction of sp³-hybridized carbons (Fsp3) is 0.842. The molecule has 27 heavy (non-hydrogen) atoms. The third kappa shape index (κ3) is 3.51. The van der Waals surface area contributed by atoms with Crippen molar-refractivity contribution in [2.24, 2.45) is 28.6 Å². The lowest BCUT2D eigenvalue weighted by Gasteiger charge is -2.56. The number of Topliss-reactive ketones (excluding diaryl/α,β-unsaturated/α-hetero) is 1. The summed E-state index contributed by atoms with van der Waals surface area (Å²) in [5.41, 5.74) is 1.25. The first-order valence-electron chi connectivity index (χ1n) is 9.52. The van der Waals surface area contributed by atoms with E-state index in [9.17, 15) is 13.2 Å². The van der Waals surface area contributed by atoms with Crippen LogP contribution in [-0.4, -0.2) is 35.8 Å². The van der Waals surface area contributed by atoms with E-state index in [1.807, 2.05) is 0 Å². The van der Waals surface area contributed by atoms with Gasteiger partial charge >= 0.3 is 10.4 Å². The van der Waals surface area contributed by atoms with Gasteiger partial charge in [0.2, 0.25) is 0 Å². The van der Waals surface area contributed by atoms with Crippen LogP contribution in [0.5, 0.6) is 0 Å². The predicted molar refractivity (Wildman–Crippen MR) is 100 cm³/mol. The molecule has 3 saturated carbocycles. The zero-order chi connectivity index (χ0) is 18.0. The highest BCUT2D eigenvalue weighted by atomic mass is 32.3. The van der Waals surface area contributed by atoms with E-state index in [0.717, 1.165) is 38.5 Å². The van der Waals surface area contributed by atoms with Gasteiger partial charge in [0.15, 0.2) is 0 Å². The van der Waals surface area contributed by atoms with E-state index in [0.29, 0.717) is 36.4 Å². The normalized spacial score (nSPS) is 43.4. The number of carbonyl (C=O) groups excluding carboxylic acids is 1. The number of hydrogen-bond donors (Lipinski definition) is 1. The maximum absolute atomic E-state index is 12.4. The largest absolute Gasteiger partial charge is 0.412 e. The van der Waals surface area contributed by atoms with Crippen LogP contribution in [0.3, 0.4) is 0 Å². The lowest BCUT2D eigenvalue weighted by Crippen LogP contribution is -2.50. The number of carbonyl (C=O) groups is 1. The van der Waals surface area contributed by atoms with Crippen LogP contribution in [0.15, 0.2) is 11.6 Å². The minimum absolute atomic E-state index is 0. The molecule has 156 valence electrons. The van der Waals surface area contributed by atoms with Gasteiger partial charge in [-0.15, -0.1) is 0 Å². The summed E-state index contributed by atoms with van der Waals surface area (Å²) < 4.78 is 35.9. The van der Waals surface area contributed by atoms with Gasteiger partial charge in [0.1, 0.15) is 5.78 Å². The zero-order valence-electron chi connectivity index (χ0n) is 16.0. The molecule has 6 atom stereocenters. The van der Waals surface area contributed by atoms with Gasteiger partial charge in [-0.2, -0.15) is 8.42 Å². The first-order chi connectivity index (χ1) is 11.6. The molecule has 3 fully saturated rings. The van der Waals surface area contributed by atoms with Crippen molar-refractivity contribution in [3.8, 4) is 0 Å². The summed E-state index contributed by atoms with van der Waals surface area (Å²) in [6.07, 6.45) is 8.79. The quantitative estimate of drug-likeness (QED) is 0.553. The molecule has 0 radical (unpaired) electrons. The lowest BCUT2D eigenvalue weighted by molar-refractivity contribution is -0.131. The smallest absolute Gasteiger partial charge is 0.397 e. The van der Waals surface area contributed by atoms with Crippen molar-refractivity contribution in [1.29, 1.82) is 0 Å². The second-order valence-corrected chi connectivity index (χ2v) is 10.1. The molecule has 4 aliphatic carbocycles. The van der Waals surface area contributed by atoms with Crippen molar-refractivity contribution in [1.82, 2.24) is 0 Å². The Labute approximate surface area is 161 Å². The predicted octanol–water partition coefficient (Wildman–Crippen LogP) is 2.06. The third-order valence-electron chi connectivity index (χ3n) is 8.03. The molecule has 7 nitrogen and oxygen atoms in total. The summed E-state index contributed by atoms with van der Waals surface area (Å²) in [5.74, 6) is 2.10. The van der Waals surface area contributed by atoms with Crippen LogP contribution in [-0.2, 0) is 19.4 Å².